The van der Waals surface area contributed by atoms with Crippen molar-refractivity contribution in [2.45, 2.75) is 59.6 Å². The topological polar surface area (TPSA) is 57.6 Å². The van der Waals surface area contributed by atoms with Gasteiger partial charge in [-0.15, -0.1) is 0 Å². The van der Waals surface area contributed by atoms with Crippen LogP contribution in [0.4, 0.5) is 4.39 Å². The van der Waals surface area contributed by atoms with Crippen LogP contribution in [0, 0.1) is 45.3 Å². The minimum absolute atomic E-state index is 0.0258. The molecule has 4 fully saturated rings. The minimum atomic E-state index is -0.943. The molecule has 198 valence electrons. The van der Waals surface area contributed by atoms with E-state index < -0.39 is 34.4 Å². The molecule has 3 saturated carbocycles. The number of benzene rings is 1. The lowest BCUT2D eigenvalue weighted by Gasteiger charge is -2.67. The van der Waals surface area contributed by atoms with E-state index in [1.54, 1.807) is 12.2 Å². The molecule has 0 unspecified atom stereocenters. The smallest absolute Gasteiger partial charge is 0.178 e. The second-order valence-corrected chi connectivity index (χ2v) is 13.4. The van der Waals surface area contributed by atoms with Crippen molar-refractivity contribution in [3.63, 3.8) is 0 Å². The van der Waals surface area contributed by atoms with Crippen molar-refractivity contribution in [2.24, 2.45) is 45.3 Å². The number of hydrogen-bond donors (Lipinski definition) is 1. The average Bonchev–Trinajstić information content (AvgIpc) is 3.34. The van der Waals surface area contributed by atoms with Crippen LogP contribution >= 0.6 is 0 Å². The lowest BCUT2D eigenvalue weighted by molar-refractivity contribution is -0.195. The Morgan fingerprint density at radius 1 is 1.14 bits per heavy atom. The maximum Gasteiger partial charge on any atom is 0.178 e. The molecular formula is C32H40FNO3. The summed E-state index contributed by atoms with van der Waals surface area (Å²) in [6, 6.07) is 10.3. The summed E-state index contributed by atoms with van der Waals surface area (Å²) >= 11 is 0. The summed E-state index contributed by atoms with van der Waals surface area (Å²) in [6.07, 6.45) is 7.13. The number of aliphatic hydroxyl groups is 1. The summed E-state index contributed by atoms with van der Waals surface area (Å²) in [6.45, 7) is 9.96. The number of alkyl halides is 1. The molecule has 37 heavy (non-hydrogen) atoms. The molecule has 0 aromatic heterocycles. The predicted octanol–water partition coefficient (Wildman–Crippen LogP) is 5.17. The maximum absolute atomic E-state index is 14.4. The number of carbonyl (C=O) groups excluding carboxylic acids is 2. The average molecular weight is 506 g/mol. The monoisotopic (exact) mass is 505 g/mol. The highest BCUT2D eigenvalue weighted by molar-refractivity contribution is 6.01. The van der Waals surface area contributed by atoms with Gasteiger partial charge in [-0.05, 0) is 66.1 Å². The van der Waals surface area contributed by atoms with E-state index >= 15 is 0 Å². The molecule has 1 saturated heterocycles. The Hall–Kier alpha value is -2.11. The minimum Gasteiger partial charge on any atom is -0.392 e. The second-order valence-electron chi connectivity index (χ2n) is 13.4. The van der Waals surface area contributed by atoms with Crippen molar-refractivity contribution in [3.05, 3.63) is 59.7 Å². The van der Waals surface area contributed by atoms with Crippen molar-refractivity contribution in [2.75, 3.05) is 19.8 Å². The second kappa shape index (κ2) is 8.19. The van der Waals surface area contributed by atoms with Crippen molar-refractivity contribution in [1.82, 2.24) is 4.90 Å². The zero-order chi connectivity index (χ0) is 26.4. The third-order valence-corrected chi connectivity index (χ3v) is 12.2. The number of halogens is 1. The van der Waals surface area contributed by atoms with Gasteiger partial charge in [0.15, 0.2) is 11.6 Å². The van der Waals surface area contributed by atoms with Crippen LogP contribution in [0.2, 0.25) is 0 Å². The van der Waals surface area contributed by atoms with Crippen LogP contribution in [0.5, 0.6) is 0 Å². The van der Waals surface area contributed by atoms with Gasteiger partial charge in [0.25, 0.3) is 0 Å². The van der Waals surface area contributed by atoms with Crippen molar-refractivity contribution < 1.29 is 19.1 Å². The molecule has 0 bridgehead atoms. The molecule has 0 radical (unpaired) electrons. The van der Waals surface area contributed by atoms with Gasteiger partial charge >= 0.3 is 0 Å². The fourth-order valence-electron chi connectivity index (χ4n) is 10.3. The standard InChI is InChI=1S/C32H40FNO3/c1-20-12-26-25-13-22-18-34(17-21-8-6-5-7-9-21)19-32(22,28(37)16-33)30(25,3)15-27(36)31(26,4)29(2)11-10-23(35)14-24(20)29/h5-11,14,20,22,25-27,36H,12-13,15-19H2,1-4H3/t20-,22-,25-,26-,27-,29-,30-,31+,32+/m0/s1. The first-order valence-corrected chi connectivity index (χ1v) is 14.0. The molecule has 1 aromatic carbocycles. The van der Waals surface area contributed by atoms with E-state index in [0.717, 1.165) is 31.5 Å². The van der Waals surface area contributed by atoms with Gasteiger partial charge in [-0.2, -0.15) is 0 Å². The SMILES string of the molecule is C[C@H]1C[C@H]2[C@@H]3C[C@H]4CN(Cc5ccccc5)C[C@@]4(C(=O)CF)[C@@]3(C)C[C@H](O)[C@]2(C)[C@@]2(C)C=CC(=O)C=C12. The summed E-state index contributed by atoms with van der Waals surface area (Å²) in [5.41, 5.74) is 0.218. The van der Waals surface area contributed by atoms with Crippen molar-refractivity contribution >= 4 is 11.6 Å². The molecule has 4 nitrogen and oxygen atoms in total. The fourth-order valence-corrected chi connectivity index (χ4v) is 10.3. The summed E-state index contributed by atoms with van der Waals surface area (Å²) in [7, 11) is 0. The maximum atomic E-state index is 14.4. The Morgan fingerprint density at radius 3 is 2.57 bits per heavy atom. The highest BCUT2D eigenvalue weighted by Gasteiger charge is 2.76. The van der Waals surface area contributed by atoms with E-state index in [-0.39, 0.29) is 35.2 Å². The zero-order valence-corrected chi connectivity index (χ0v) is 22.5. The molecule has 1 aromatic rings. The van der Waals surface area contributed by atoms with Gasteiger partial charge < -0.3 is 5.11 Å². The van der Waals surface area contributed by atoms with Crippen molar-refractivity contribution in [3.8, 4) is 0 Å². The number of aliphatic hydroxyl groups excluding tert-OH is 1. The first-order valence-electron chi connectivity index (χ1n) is 14.0. The normalized spacial score (nSPS) is 46.6. The van der Waals surface area contributed by atoms with E-state index in [1.165, 1.54) is 5.56 Å². The number of fused-ring (bicyclic) bond motifs is 7. The summed E-state index contributed by atoms with van der Waals surface area (Å²) in [4.78, 5) is 28.3. The van der Waals surface area contributed by atoms with Crippen LogP contribution < -0.4 is 0 Å². The molecule has 5 aliphatic rings. The molecular weight excluding hydrogens is 465 g/mol. The Labute approximate surface area is 220 Å². The first-order chi connectivity index (χ1) is 17.5. The van der Waals surface area contributed by atoms with E-state index in [1.807, 2.05) is 24.3 Å². The number of carbonyl (C=O) groups is 2. The predicted molar refractivity (Wildman–Crippen MR) is 141 cm³/mol. The van der Waals surface area contributed by atoms with Gasteiger partial charge in [0.05, 0.1) is 11.5 Å². The lowest BCUT2D eigenvalue weighted by Crippen LogP contribution is -2.66. The third kappa shape index (κ3) is 3.07. The quantitative estimate of drug-likeness (QED) is 0.614. The highest BCUT2D eigenvalue weighted by Crippen LogP contribution is 2.76. The Balaban J connectivity index is 1.41. The van der Waals surface area contributed by atoms with Gasteiger partial charge in [0.1, 0.15) is 6.67 Å². The Kier molecular flexibility index (Phi) is 5.58. The van der Waals surface area contributed by atoms with Gasteiger partial charge in [0, 0.05) is 30.5 Å². The van der Waals surface area contributed by atoms with E-state index in [2.05, 4.69) is 44.7 Å². The number of hydrogen-bond acceptors (Lipinski definition) is 4. The number of ketones is 2. The number of allylic oxidation sites excluding steroid dienone is 4. The van der Waals surface area contributed by atoms with Crippen LogP contribution in [-0.4, -0.2) is 47.4 Å². The lowest BCUT2D eigenvalue weighted by atomic mass is 9.37. The summed E-state index contributed by atoms with van der Waals surface area (Å²) < 4.78 is 14.4. The van der Waals surface area contributed by atoms with Crippen LogP contribution in [0.1, 0.15) is 52.5 Å². The first kappa shape index (κ1) is 25.2. The molecule has 1 aliphatic heterocycles. The van der Waals surface area contributed by atoms with Gasteiger partial charge in [-0.1, -0.05) is 69.7 Å². The molecule has 5 heteroatoms. The molecule has 0 spiro atoms. The van der Waals surface area contributed by atoms with Crippen LogP contribution in [0.3, 0.4) is 0 Å². The summed E-state index contributed by atoms with van der Waals surface area (Å²) in [5.74, 6) is 0.480. The highest BCUT2D eigenvalue weighted by atomic mass is 19.1. The van der Waals surface area contributed by atoms with Crippen LogP contribution in [0.15, 0.2) is 54.1 Å². The zero-order valence-electron chi connectivity index (χ0n) is 22.5. The molecule has 4 aliphatic carbocycles. The molecule has 1 N–H and O–H groups in total. The number of nitrogens with zero attached hydrogens (tertiary/aromatic N) is 1. The molecule has 0 amide bonds. The van der Waals surface area contributed by atoms with Gasteiger partial charge in [-0.25, -0.2) is 4.39 Å². The van der Waals surface area contributed by atoms with E-state index in [0.29, 0.717) is 13.0 Å². The van der Waals surface area contributed by atoms with Crippen LogP contribution in [0.25, 0.3) is 0 Å². The number of likely N-dealkylation sites (tertiary alicyclic amines) is 1. The van der Waals surface area contributed by atoms with Crippen LogP contribution in [-0.2, 0) is 16.1 Å². The van der Waals surface area contributed by atoms with Crippen molar-refractivity contribution in [1.29, 1.82) is 0 Å². The van der Waals surface area contributed by atoms with E-state index in [9.17, 15) is 19.1 Å². The largest absolute Gasteiger partial charge is 0.392 e. The molecule has 1 heterocycles. The number of rotatable bonds is 4. The molecule has 6 rings (SSSR count). The van der Waals surface area contributed by atoms with Gasteiger partial charge in [-0.3, -0.25) is 14.5 Å². The Bertz CT molecular complexity index is 1190. The Morgan fingerprint density at radius 2 is 1.86 bits per heavy atom. The van der Waals surface area contributed by atoms with E-state index in [4.69, 9.17) is 0 Å². The fraction of sp³-hybridized carbons (Fsp3) is 0.625. The number of Topliss-reactive ketones (excluding diaryl/α,β-unsaturated/α-hetero) is 1. The summed E-state index contributed by atoms with van der Waals surface area (Å²) in [5, 5.41) is 12.1. The third-order valence-electron chi connectivity index (χ3n) is 12.2. The van der Waals surface area contributed by atoms with Gasteiger partial charge in [0.2, 0.25) is 0 Å². The molecule has 9 atom stereocenters.